The van der Waals surface area contributed by atoms with Crippen molar-refractivity contribution in [3.8, 4) is 5.75 Å². The molecule has 0 radical (unpaired) electrons. The Morgan fingerprint density at radius 3 is 2.80 bits per heavy atom. The molecule has 1 aromatic carbocycles. The van der Waals surface area contributed by atoms with E-state index in [0.717, 1.165) is 18.5 Å². The molecule has 1 aromatic rings. The summed E-state index contributed by atoms with van der Waals surface area (Å²) in [6, 6.07) is 4.68. The lowest BCUT2D eigenvalue weighted by Gasteiger charge is -2.09. The summed E-state index contributed by atoms with van der Waals surface area (Å²) < 4.78 is 5.22. The van der Waals surface area contributed by atoms with Crippen LogP contribution < -0.4 is 10.1 Å². The molecule has 1 N–H and O–H groups in total. The number of methoxy groups -OCH3 is 1. The van der Waals surface area contributed by atoms with E-state index in [-0.39, 0.29) is 10.6 Å². The highest BCUT2D eigenvalue weighted by Gasteiger charge is 2.10. The van der Waals surface area contributed by atoms with Gasteiger partial charge in [-0.3, -0.25) is 10.1 Å². The molecule has 0 amide bonds. The molecule has 0 spiro atoms. The highest BCUT2D eigenvalue weighted by Crippen LogP contribution is 2.23. The van der Waals surface area contributed by atoms with Crippen LogP contribution in [0.25, 0.3) is 0 Å². The molecule has 5 nitrogen and oxygen atoms in total. The van der Waals surface area contributed by atoms with Crippen molar-refractivity contribution in [2.45, 2.75) is 25.8 Å². The lowest BCUT2D eigenvalue weighted by Crippen LogP contribution is -2.15. The van der Waals surface area contributed by atoms with E-state index in [1.807, 2.05) is 11.8 Å². The third-order valence-electron chi connectivity index (χ3n) is 2.99. The maximum absolute atomic E-state index is 10.8. The van der Waals surface area contributed by atoms with Gasteiger partial charge in [-0.25, -0.2) is 0 Å². The fraction of sp³-hybridized carbons (Fsp3) is 0.571. The van der Waals surface area contributed by atoms with E-state index in [0.29, 0.717) is 12.3 Å². The van der Waals surface area contributed by atoms with Crippen molar-refractivity contribution in [1.82, 2.24) is 5.32 Å². The molecule has 112 valence electrons. The van der Waals surface area contributed by atoms with Crippen LogP contribution in [-0.2, 0) is 6.54 Å². The second-order valence-electron chi connectivity index (χ2n) is 4.48. The normalized spacial score (nSPS) is 10.5. The fourth-order valence-electron chi connectivity index (χ4n) is 1.91. The zero-order valence-corrected chi connectivity index (χ0v) is 12.9. The molecule has 0 saturated carbocycles. The fourth-order valence-corrected chi connectivity index (χ4v) is 2.41. The van der Waals surface area contributed by atoms with Crippen molar-refractivity contribution in [3.05, 3.63) is 33.9 Å². The molecule has 0 aliphatic rings. The Bertz CT molecular complexity index is 427. The Morgan fingerprint density at radius 1 is 1.35 bits per heavy atom. The molecular formula is C14H22N2O3S. The summed E-state index contributed by atoms with van der Waals surface area (Å²) in [6.45, 7) is 1.51. The molecular weight excluding hydrogens is 276 g/mol. The highest BCUT2D eigenvalue weighted by molar-refractivity contribution is 7.98. The van der Waals surface area contributed by atoms with Crippen molar-refractivity contribution in [3.63, 3.8) is 0 Å². The molecule has 0 bridgehead atoms. The quantitative estimate of drug-likeness (QED) is 0.408. The lowest BCUT2D eigenvalue weighted by molar-refractivity contribution is -0.384. The largest absolute Gasteiger partial charge is 0.496 e. The van der Waals surface area contributed by atoms with Crippen molar-refractivity contribution in [2.24, 2.45) is 0 Å². The molecule has 0 unspecified atom stereocenters. The summed E-state index contributed by atoms with van der Waals surface area (Å²) in [5, 5.41) is 14.1. The third kappa shape index (κ3) is 5.79. The molecule has 0 atom stereocenters. The number of ether oxygens (including phenoxy) is 1. The van der Waals surface area contributed by atoms with Crippen LogP contribution in [-0.4, -0.2) is 30.6 Å². The Balaban J connectivity index is 2.41. The van der Waals surface area contributed by atoms with Crippen LogP contribution in [0.2, 0.25) is 0 Å². The molecule has 0 aromatic heterocycles. The highest BCUT2D eigenvalue weighted by atomic mass is 32.2. The number of nitrogens with one attached hydrogen (secondary N) is 1. The van der Waals surface area contributed by atoms with E-state index in [9.17, 15) is 10.1 Å². The van der Waals surface area contributed by atoms with Gasteiger partial charge in [0.25, 0.3) is 5.69 Å². The number of unbranched alkanes of at least 4 members (excludes halogenated alkanes) is 2. The first-order chi connectivity index (χ1) is 9.69. The minimum absolute atomic E-state index is 0.0996. The Hall–Kier alpha value is -1.27. The maximum atomic E-state index is 10.8. The van der Waals surface area contributed by atoms with E-state index in [2.05, 4.69) is 11.6 Å². The van der Waals surface area contributed by atoms with E-state index in [4.69, 9.17) is 4.74 Å². The number of hydrogen-bond donors (Lipinski definition) is 1. The standard InChI is InChI=1S/C14H22N2O3S/c1-19-14-7-6-13(16(17)18)10-12(14)11-15-8-4-3-5-9-20-2/h6-7,10,15H,3-5,8-9,11H2,1-2H3. The van der Waals surface area contributed by atoms with Gasteiger partial charge >= 0.3 is 0 Å². The van der Waals surface area contributed by atoms with Crippen molar-refractivity contribution < 1.29 is 9.66 Å². The summed E-state index contributed by atoms with van der Waals surface area (Å²) >= 11 is 1.87. The number of non-ortho nitro benzene ring substituents is 1. The number of nitrogens with zero attached hydrogens (tertiary/aromatic N) is 1. The van der Waals surface area contributed by atoms with Crippen LogP contribution in [0.4, 0.5) is 5.69 Å². The molecule has 20 heavy (non-hydrogen) atoms. The van der Waals surface area contributed by atoms with Gasteiger partial charge in [0.2, 0.25) is 0 Å². The minimum Gasteiger partial charge on any atom is -0.496 e. The Labute approximate surface area is 124 Å². The zero-order chi connectivity index (χ0) is 14.8. The van der Waals surface area contributed by atoms with E-state index < -0.39 is 0 Å². The second-order valence-corrected chi connectivity index (χ2v) is 5.47. The molecule has 1 rings (SSSR count). The first-order valence-corrected chi connectivity index (χ1v) is 8.09. The second kappa shape index (κ2) is 9.61. The summed E-state index contributed by atoms with van der Waals surface area (Å²) in [5.74, 6) is 1.89. The predicted octanol–water partition coefficient (Wildman–Crippen LogP) is 3.23. The first kappa shape index (κ1) is 16.8. The van der Waals surface area contributed by atoms with Gasteiger partial charge in [-0.05, 0) is 37.5 Å². The average Bonchev–Trinajstić information content (AvgIpc) is 2.46. The van der Waals surface area contributed by atoms with Crippen LogP contribution in [0.5, 0.6) is 5.75 Å². The van der Waals surface area contributed by atoms with Gasteiger partial charge < -0.3 is 10.1 Å². The van der Waals surface area contributed by atoms with Gasteiger partial charge in [0.1, 0.15) is 5.75 Å². The maximum Gasteiger partial charge on any atom is 0.270 e. The summed E-state index contributed by atoms with van der Waals surface area (Å²) in [7, 11) is 1.58. The average molecular weight is 298 g/mol. The number of rotatable bonds is 10. The number of nitro groups is 1. The van der Waals surface area contributed by atoms with Crippen LogP contribution in [0.15, 0.2) is 18.2 Å². The molecule has 0 heterocycles. The van der Waals surface area contributed by atoms with Crippen LogP contribution in [0.1, 0.15) is 24.8 Å². The van der Waals surface area contributed by atoms with Gasteiger partial charge in [-0.15, -0.1) is 0 Å². The predicted molar refractivity (Wildman–Crippen MR) is 83.6 cm³/mol. The molecule has 0 aliphatic heterocycles. The zero-order valence-electron chi connectivity index (χ0n) is 12.1. The topological polar surface area (TPSA) is 64.4 Å². The summed E-state index contributed by atoms with van der Waals surface area (Å²) in [5.41, 5.74) is 0.924. The van der Waals surface area contributed by atoms with Gasteiger partial charge in [0, 0.05) is 24.2 Å². The number of hydrogen-bond acceptors (Lipinski definition) is 5. The van der Waals surface area contributed by atoms with E-state index in [1.54, 1.807) is 19.2 Å². The van der Waals surface area contributed by atoms with E-state index >= 15 is 0 Å². The van der Waals surface area contributed by atoms with Gasteiger partial charge in [0.05, 0.1) is 12.0 Å². The number of benzene rings is 1. The van der Waals surface area contributed by atoms with Gasteiger partial charge in [0.15, 0.2) is 0 Å². The number of thioether (sulfide) groups is 1. The van der Waals surface area contributed by atoms with Crippen LogP contribution in [0.3, 0.4) is 0 Å². The van der Waals surface area contributed by atoms with E-state index in [1.165, 1.54) is 24.7 Å². The SMILES string of the molecule is COc1ccc([N+](=O)[O-])cc1CNCCCCCSC. The summed E-state index contributed by atoms with van der Waals surface area (Å²) in [4.78, 5) is 10.4. The Kier molecular flexibility index (Phi) is 8.06. The van der Waals surface area contributed by atoms with Crippen LogP contribution >= 0.6 is 11.8 Å². The van der Waals surface area contributed by atoms with Crippen molar-refractivity contribution >= 4 is 17.4 Å². The monoisotopic (exact) mass is 298 g/mol. The Morgan fingerprint density at radius 2 is 2.15 bits per heavy atom. The molecule has 0 aliphatic carbocycles. The molecule has 0 saturated heterocycles. The van der Waals surface area contributed by atoms with Crippen molar-refractivity contribution in [2.75, 3.05) is 25.7 Å². The minimum atomic E-state index is -0.384. The smallest absolute Gasteiger partial charge is 0.270 e. The first-order valence-electron chi connectivity index (χ1n) is 6.70. The lowest BCUT2D eigenvalue weighted by atomic mass is 10.1. The molecule has 6 heteroatoms. The van der Waals surface area contributed by atoms with Crippen LogP contribution in [0, 0.1) is 10.1 Å². The van der Waals surface area contributed by atoms with Gasteiger partial charge in [-0.2, -0.15) is 11.8 Å². The number of nitro benzene ring substituents is 1. The third-order valence-corrected chi connectivity index (χ3v) is 3.69. The van der Waals surface area contributed by atoms with Crippen molar-refractivity contribution in [1.29, 1.82) is 0 Å². The van der Waals surface area contributed by atoms with Gasteiger partial charge in [-0.1, -0.05) is 6.42 Å². The molecule has 0 fully saturated rings. The summed E-state index contributed by atoms with van der Waals surface area (Å²) in [6.07, 6.45) is 5.69.